The van der Waals surface area contributed by atoms with E-state index in [1.807, 2.05) is 0 Å². The number of aromatic nitrogens is 9. The number of nitrogens with zero attached hydrogens (tertiary/aromatic N) is 9. The van der Waals surface area contributed by atoms with Gasteiger partial charge in [0.05, 0.1) is 16.3 Å². The molecule has 0 atom stereocenters. The first-order valence-corrected chi connectivity index (χ1v) is 10.1. The first-order chi connectivity index (χ1) is 16.0. The standard InChI is InChI=1S/C12H10F3N7.C6H6BrN5/c1-22-10-6(4-19-11(17)20-10)8(21-22)5-2-7(12(13,14)15)9(16)18-3-5;1-12-5-3(4(7)11-12)2-9-6(8)10-5/h2-4H,1H3,(H2,16,18)(H2,17,19,20);2H,1H3,(H2,8,9,10). The molecule has 0 aliphatic carbocycles. The van der Waals surface area contributed by atoms with Gasteiger partial charge in [0.15, 0.2) is 11.3 Å². The molecule has 5 aromatic heterocycles. The number of rotatable bonds is 1. The summed E-state index contributed by atoms with van der Waals surface area (Å²) in [6.07, 6.45) is -0.320. The Kier molecular flexibility index (Phi) is 5.68. The molecule has 5 aromatic rings. The number of nitrogens with two attached hydrogens (primary N) is 3. The maximum absolute atomic E-state index is 12.9. The Morgan fingerprint density at radius 3 is 2.00 bits per heavy atom. The Labute approximate surface area is 197 Å². The minimum atomic E-state index is -4.60. The number of nitrogen functional groups attached to an aromatic ring is 3. The molecule has 0 saturated heterocycles. The monoisotopic (exact) mass is 536 g/mol. The maximum atomic E-state index is 12.9. The van der Waals surface area contributed by atoms with E-state index in [1.54, 1.807) is 25.0 Å². The molecule has 0 saturated carbocycles. The van der Waals surface area contributed by atoms with Crippen LogP contribution in [0.4, 0.5) is 30.9 Å². The summed E-state index contributed by atoms with van der Waals surface area (Å²) < 4.78 is 42.6. The molecule has 0 fully saturated rings. The van der Waals surface area contributed by atoms with Crippen molar-refractivity contribution in [1.29, 1.82) is 0 Å². The summed E-state index contributed by atoms with van der Waals surface area (Å²) >= 11 is 3.29. The highest BCUT2D eigenvalue weighted by atomic mass is 79.9. The van der Waals surface area contributed by atoms with E-state index >= 15 is 0 Å². The zero-order valence-corrected chi connectivity index (χ0v) is 19.2. The van der Waals surface area contributed by atoms with Crippen molar-refractivity contribution in [1.82, 2.24) is 44.5 Å². The third kappa shape index (κ3) is 4.26. The molecule has 12 nitrogen and oxygen atoms in total. The van der Waals surface area contributed by atoms with E-state index in [4.69, 9.17) is 17.2 Å². The number of pyridine rings is 1. The molecule has 0 radical (unpaired) electrons. The number of halogens is 4. The largest absolute Gasteiger partial charge is 0.419 e. The maximum Gasteiger partial charge on any atom is 0.419 e. The number of hydrogen-bond donors (Lipinski definition) is 3. The van der Waals surface area contributed by atoms with Crippen LogP contribution in [0.2, 0.25) is 0 Å². The third-order valence-corrected chi connectivity index (χ3v) is 5.24. The van der Waals surface area contributed by atoms with Crippen molar-refractivity contribution in [2.45, 2.75) is 6.18 Å². The lowest BCUT2D eigenvalue weighted by molar-refractivity contribution is -0.137. The highest BCUT2D eigenvalue weighted by molar-refractivity contribution is 9.10. The second-order valence-electron chi connectivity index (χ2n) is 6.97. The molecule has 34 heavy (non-hydrogen) atoms. The van der Waals surface area contributed by atoms with Gasteiger partial charge < -0.3 is 17.2 Å². The van der Waals surface area contributed by atoms with E-state index in [-0.39, 0.29) is 23.2 Å². The van der Waals surface area contributed by atoms with Gasteiger partial charge in [0.25, 0.3) is 0 Å². The van der Waals surface area contributed by atoms with Crippen LogP contribution >= 0.6 is 15.9 Å². The number of hydrogen-bond acceptors (Lipinski definition) is 10. The summed E-state index contributed by atoms with van der Waals surface area (Å²) in [5.41, 5.74) is 16.8. The van der Waals surface area contributed by atoms with Gasteiger partial charge in [0.2, 0.25) is 11.9 Å². The smallest absolute Gasteiger partial charge is 0.383 e. The van der Waals surface area contributed by atoms with Crippen molar-refractivity contribution < 1.29 is 13.2 Å². The van der Waals surface area contributed by atoms with E-state index in [1.165, 1.54) is 17.1 Å². The van der Waals surface area contributed by atoms with Crippen molar-refractivity contribution in [3.05, 3.63) is 34.8 Å². The Bertz CT molecular complexity index is 1520. The Hall–Kier alpha value is -4.08. The Morgan fingerprint density at radius 1 is 0.824 bits per heavy atom. The molecule has 176 valence electrons. The third-order valence-electron chi connectivity index (χ3n) is 4.65. The number of alkyl halides is 3. The molecule has 6 N–H and O–H groups in total. The van der Waals surface area contributed by atoms with E-state index in [0.717, 1.165) is 21.7 Å². The lowest BCUT2D eigenvalue weighted by atomic mass is 10.1. The van der Waals surface area contributed by atoms with Crippen LogP contribution < -0.4 is 17.2 Å². The number of aryl methyl sites for hydroxylation is 2. The van der Waals surface area contributed by atoms with Gasteiger partial charge in [-0.1, -0.05) is 0 Å². The molecular formula is C18H16BrF3N12. The molecule has 16 heteroatoms. The second kappa shape index (κ2) is 8.36. The van der Waals surface area contributed by atoms with Gasteiger partial charge in [-0.25, -0.2) is 24.3 Å². The minimum Gasteiger partial charge on any atom is -0.383 e. The summed E-state index contributed by atoms with van der Waals surface area (Å²) in [5, 5.41) is 9.61. The average Bonchev–Trinajstić information content (AvgIpc) is 3.23. The molecule has 0 amide bonds. The predicted octanol–water partition coefficient (Wildman–Crippen LogP) is 2.32. The van der Waals surface area contributed by atoms with E-state index in [0.29, 0.717) is 11.0 Å². The van der Waals surface area contributed by atoms with Gasteiger partial charge in [0, 0.05) is 38.2 Å². The highest BCUT2D eigenvalue weighted by Gasteiger charge is 2.34. The second-order valence-corrected chi connectivity index (χ2v) is 7.72. The molecule has 5 heterocycles. The lowest BCUT2D eigenvalue weighted by Gasteiger charge is -2.10. The molecule has 0 spiro atoms. The molecular weight excluding hydrogens is 521 g/mol. The minimum absolute atomic E-state index is 0.0495. The highest BCUT2D eigenvalue weighted by Crippen LogP contribution is 2.36. The van der Waals surface area contributed by atoms with Crippen LogP contribution in [0.1, 0.15) is 5.56 Å². The first kappa shape index (κ1) is 23.1. The Morgan fingerprint density at radius 2 is 1.38 bits per heavy atom. The summed E-state index contributed by atoms with van der Waals surface area (Å²) in [7, 11) is 3.41. The molecule has 5 rings (SSSR count). The zero-order valence-electron chi connectivity index (χ0n) is 17.6. The van der Waals surface area contributed by atoms with E-state index in [9.17, 15) is 13.2 Å². The van der Waals surface area contributed by atoms with Crippen LogP contribution in [0.25, 0.3) is 33.3 Å². The normalized spacial score (nSPS) is 11.6. The summed E-state index contributed by atoms with van der Waals surface area (Å²) in [4.78, 5) is 19.3. The Balaban J connectivity index is 0.000000192. The molecule has 0 aromatic carbocycles. The van der Waals surface area contributed by atoms with Crippen molar-refractivity contribution in [2.75, 3.05) is 17.2 Å². The fourth-order valence-corrected chi connectivity index (χ4v) is 3.62. The van der Waals surface area contributed by atoms with Gasteiger partial charge in [-0.15, -0.1) is 0 Å². The van der Waals surface area contributed by atoms with Crippen molar-refractivity contribution in [2.24, 2.45) is 14.1 Å². The molecule has 0 unspecified atom stereocenters. The van der Waals surface area contributed by atoms with Crippen molar-refractivity contribution in [3.63, 3.8) is 0 Å². The van der Waals surface area contributed by atoms with E-state index in [2.05, 4.69) is 51.0 Å². The molecule has 0 bridgehead atoms. The van der Waals surface area contributed by atoms with Crippen LogP contribution in [-0.2, 0) is 20.3 Å². The quantitative estimate of drug-likeness (QED) is 0.287. The first-order valence-electron chi connectivity index (χ1n) is 9.34. The fourth-order valence-electron chi connectivity index (χ4n) is 3.11. The molecule has 0 aliphatic rings. The van der Waals surface area contributed by atoms with Crippen molar-refractivity contribution in [3.8, 4) is 11.3 Å². The lowest BCUT2D eigenvalue weighted by Crippen LogP contribution is -2.10. The topological polar surface area (TPSA) is 178 Å². The van der Waals surface area contributed by atoms with E-state index < -0.39 is 17.6 Å². The predicted molar refractivity (Wildman–Crippen MR) is 122 cm³/mol. The van der Waals surface area contributed by atoms with Crippen LogP contribution in [0.3, 0.4) is 0 Å². The van der Waals surface area contributed by atoms with Gasteiger partial charge in [-0.2, -0.15) is 33.3 Å². The summed E-state index contributed by atoms with van der Waals surface area (Å²) in [6, 6.07) is 0.903. The number of anilines is 3. The summed E-state index contributed by atoms with van der Waals surface area (Å²) in [6.45, 7) is 0. The SMILES string of the molecule is Cn1nc(-c2cnc(N)c(C(F)(F)F)c2)c2cnc(N)nc21.Cn1nc(Br)c2cnc(N)nc21. The zero-order chi connectivity index (χ0) is 24.8. The fraction of sp³-hybridized carbons (Fsp3) is 0.167. The summed E-state index contributed by atoms with van der Waals surface area (Å²) in [5.74, 6) is -0.275. The van der Waals surface area contributed by atoms with Crippen LogP contribution in [0, 0.1) is 0 Å². The van der Waals surface area contributed by atoms with Gasteiger partial charge in [0.1, 0.15) is 16.1 Å². The molecule has 0 aliphatic heterocycles. The van der Waals surface area contributed by atoms with Crippen LogP contribution in [0.15, 0.2) is 29.3 Å². The average molecular weight is 537 g/mol. The van der Waals surface area contributed by atoms with Gasteiger partial charge >= 0.3 is 6.18 Å². The van der Waals surface area contributed by atoms with Gasteiger partial charge in [-0.05, 0) is 22.0 Å². The number of fused-ring (bicyclic) bond motifs is 2. The van der Waals surface area contributed by atoms with Crippen LogP contribution in [-0.4, -0.2) is 44.5 Å². The van der Waals surface area contributed by atoms with Crippen molar-refractivity contribution >= 4 is 55.7 Å². The van der Waals surface area contributed by atoms with Crippen LogP contribution in [0.5, 0.6) is 0 Å². The van der Waals surface area contributed by atoms with Gasteiger partial charge in [-0.3, -0.25) is 0 Å².